The molecule has 0 fully saturated rings. The molecule has 1 unspecified atom stereocenters. The number of hydrogen-bond acceptors (Lipinski definition) is 4. The van der Waals surface area contributed by atoms with E-state index in [1.807, 2.05) is 0 Å². The van der Waals surface area contributed by atoms with Crippen molar-refractivity contribution < 1.29 is 13.7 Å². The third kappa shape index (κ3) is 3.45. The Balaban J connectivity index is 2.93. The Morgan fingerprint density at radius 1 is 1.47 bits per heavy atom. The lowest BCUT2D eigenvalue weighted by Crippen LogP contribution is -2.27. The molecule has 1 atom stereocenters. The van der Waals surface area contributed by atoms with Crippen molar-refractivity contribution in [3.8, 4) is 5.75 Å². The molecule has 0 spiro atoms. The summed E-state index contributed by atoms with van der Waals surface area (Å²) in [5.41, 5.74) is 6.13. The number of ether oxygens (including phenoxy) is 1. The summed E-state index contributed by atoms with van der Waals surface area (Å²) < 4.78 is 17.1. The van der Waals surface area contributed by atoms with Gasteiger partial charge in [-0.2, -0.15) is 0 Å². The SMILES string of the molecule is COc1cc(N)ccc1S(=O)CC(=O)N(C)C. The van der Waals surface area contributed by atoms with E-state index in [0.29, 0.717) is 16.3 Å². The number of amides is 1. The Hall–Kier alpha value is -1.56. The van der Waals surface area contributed by atoms with Gasteiger partial charge in [0.25, 0.3) is 0 Å². The summed E-state index contributed by atoms with van der Waals surface area (Å²) >= 11 is 0. The van der Waals surface area contributed by atoms with Gasteiger partial charge in [-0.3, -0.25) is 9.00 Å². The molecule has 1 aromatic rings. The van der Waals surface area contributed by atoms with Crippen LogP contribution in [0.1, 0.15) is 0 Å². The van der Waals surface area contributed by atoms with Crippen LogP contribution in [-0.4, -0.2) is 42.0 Å². The molecule has 1 rings (SSSR count). The van der Waals surface area contributed by atoms with Gasteiger partial charge >= 0.3 is 0 Å². The number of rotatable bonds is 4. The van der Waals surface area contributed by atoms with Crippen LogP contribution in [0.3, 0.4) is 0 Å². The van der Waals surface area contributed by atoms with E-state index >= 15 is 0 Å². The molecule has 0 saturated carbocycles. The standard InChI is InChI=1S/C11H16N2O3S/c1-13(2)11(14)7-17(15)10-5-4-8(12)6-9(10)16-3/h4-6H,7,12H2,1-3H3. The molecule has 0 bridgehead atoms. The van der Waals surface area contributed by atoms with Gasteiger partial charge in [0.1, 0.15) is 11.5 Å². The normalized spacial score (nSPS) is 11.9. The van der Waals surface area contributed by atoms with E-state index in [1.54, 1.807) is 32.3 Å². The van der Waals surface area contributed by atoms with Crippen molar-refractivity contribution in [2.75, 3.05) is 32.7 Å². The predicted octanol–water partition coefficient (Wildman–Crippen LogP) is 0.473. The highest BCUT2D eigenvalue weighted by molar-refractivity contribution is 7.85. The summed E-state index contributed by atoms with van der Waals surface area (Å²) in [6.45, 7) is 0. The molecule has 0 aromatic heterocycles. The van der Waals surface area contributed by atoms with Gasteiger partial charge in [-0.15, -0.1) is 0 Å². The summed E-state index contributed by atoms with van der Waals surface area (Å²) in [7, 11) is 3.30. The summed E-state index contributed by atoms with van der Waals surface area (Å²) in [5.74, 6) is 0.185. The lowest BCUT2D eigenvalue weighted by molar-refractivity contribution is -0.125. The number of nitrogens with zero attached hydrogens (tertiary/aromatic N) is 1. The number of hydrogen-bond donors (Lipinski definition) is 1. The molecule has 0 saturated heterocycles. The summed E-state index contributed by atoms with van der Waals surface area (Å²) in [6, 6.07) is 4.84. The zero-order valence-electron chi connectivity index (χ0n) is 10.1. The zero-order chi connectivity index (χ0) is 13.0. The minimum absolute atomic E-state index is 0.0622. The highest BCUT2D eigenvalue weighted by Gasteiger charge is 2.15. The molecule has 1 aromatic carbocycles. The van der Waals surface area contributed by atoms with Crippen LogP contribution in [0.15, 0.2) is 23.1 Å². The molecule has 0 aliphatic heterocycles. The molecule has 2 N–H and O–H groups in total. The first-order valence-corrected chi connectivity index (χ1v) is 6.29. The van der Waals surface area contributed by atoms with Crippen molar-refractivity contribution in [2.45, 2.75) is 4.90 Å². The van der Waals surface area contributed by atoms with Crippen LogP contribution >= 0.6 is 0 Å². The fraction of sp³-hybridized carbons (Fsp3) is 0.364. The Labute approximate surface area is 103 Å². The van der Waals surface area contributed by atoms with Gasteiger partial charge in [-0.25, -0.2) is 0 Å². The van der Waals surface area contributed by atoms with Crippen molar-refractivity contribution >= 4 is 22.4 Å². The van der Waals surface area contributed by atoms with E-state index in [4.69, 9.17) is 10.5 Å². The van der Waals surface area contributed by atoms with Crippen LogP contribution in [0.4, 0.5) is 5.69 Å². The maximum absolute atomic E-state index is 12.0. The van der Waals surface area contributed by atoms with Crippen molar-refractivity contribution in [1.82, 2.24) is 4.90 Å². The molecule has 0 radical (unpaired) electrons. The first kappa shape index (κ1) is 13.5. The monoisotopic (exact) mass is 256 g/mol. The van der Waals surface area contributed by atoms with Crippen molar-refractivity contribution in [1.29, 1.82) is 0 Å². The van der Waals surface area contributed by atoms with E-state index in [2.05, 4.69) is 0 Å². The predicted molar refractivity (Wildman–Crippen MR) is 67.4 cm³/mol. The van der Waals surface area contributed by atoms with Crippen LogP contribution in [0.5, 0.6) is 5.75 Å². The van der Waals surface area contributed by atoms with Crippen LogP contribution in [0.2, 0.25) is 0 Å². The first-order chi connectivity index (χ1) is 7.95. The molecule has 5 nitrogen and oxygen atoms in total. The molecule has 0 aliphatic rings. The quantitative estimate of drug-likeness (QED) is 0.795. The molecule has 17 heavy (non-hydrogen) atoms. The molecular weight excluding hydrogens is 240 g/mol. The smallest absolute Gasteiger partial charge is 0.235 e. The van der Waals surface area contributed by atoms with Gasteiger partial charge in [0, 0.05) is 25.8 Å². The summed E-state index contributed by atoms with van der Waals surface area (Å²) in [4.78, 5) is 13.3. The van der Waals surface area contributed by atoms with Gasteiger partial charge in [0.2, 0.25) is 5.91 Å². The second kappa shape index (κ2) is 5.67. The highest BCUT2D eigenvalue weighted by atomic mass is 32.2. The zero-order valence-corrected chi connectivity index (χ0v) is 10.9. The first-order valence-electron chi connectivity index (χ1n) is 4.97. The topological polar surface area (TPSA) is 72.6 Å². The van der Waals surface area contributed by atoms with E-state index in [0.717, 1.165) is 0 Å². The number of benzene rings is 1. The number of methoxy groups -OCH3 is 1. The van der Waals surface area contributed by atoms with Crippen molar-refractivity contribution in [3.05, 3.63) is 18.2 Å². The number of carbonyl (C=O) groups excluding carboxylic acids is 1. The largest absolute Gasteiger partial charge is 0.495 e. The highest BCUT2D eigenvalue weighted by Crippen LogP contribution is 2.24. The maximum atomic E-state index is 12.0. The number of carbonyl (C=O) groups is 1. The molecule has 0 aliphatic carbocycles. The fourth-order valence-electron chi connectivity index (χ4n) is 1.19. The molecular formula is C11H16N2O3S. The van der Waals surface area contributed by atoms with Gasteiger partial charge in [-0.05, 0) is 12.1 Å². The Kier molecular flexibility index (Phi) is 4.51. The third-order valence-electron chi connectivity index (χ3n) is 2.19. The van der Waals surface area contributed by atoms with Crippen LogP contribution in [-0.2, 0) is 15.6 Å². The van der Waals surface area contributed by atoms with Crippen LogP contribution in [0.25, 0.3) is 0 Å². The number of nitrogen functional groups attached to an aromatic ring is 1. The van der Waals surface area contributed by atoms with Gasteiger partial charge in [0.15, 0.2) is 0 Å². The molecule has 6 heteroatoms. The minimum atomic E-state index is -1.43. The Morgan fingerprint density at radius 2 is 2.12 bits per heavy atom. The van der Waals surface area contributed by atoms with Crippen molar-refractivity contribution in [3.63, 3.8) is 0 Å². The summed E-state index contributed by atoms with van der Waals surface area (Å²) in [5, 5.41) is 0. The maximum Gasteiger partial charge on any atom is 0.235 e. The lowest BCUT2D eigenvalue weighted by Gasteiger charge is -2.12. The molecule has 0 heterocycles. The molecule has 1 amide bonds. The van der Waals surface area contributed by atoms with Crippen LogP contribution in [0, 0.1) is 0 Å². The summed E-state index contributed by atoms with van der Waals surface area (Å²) in [6.07, 6.45) is 0. The third-order valence-corrected chi connectivity index (χ3v) is 3.52. The average molecular weight is 256 g/mol. The Morgan fingerprint density at radius 3 is 2.65 bits per heavy atom. The van der Waals surface area contributed by atoms with Crippen molar-refractivity contribution in [2.24, 2.45) is 0 Å². The number of anilines is 1. The van der Waals surface area contributed by atoms with E-state index in [1.165, 1.54) is 12.0 Å². The lowest BCUT2D eigenvalue weighted by atomic mass is 10.3. The Bertz CT molecular complexity index is 446. The second-order valence-electron chi connectivity index (χ2n) is 3.69. The molecule has 94 valence electrons. The second-order valence-corrected chi connectivity index (χ2v) is 5.11. The van der Waals surface area contributed by atoms with Gasteiger partial charge in [0.05, 0.1) is 22.8 Å². The van der Waals surface area contributed by atoms with E-state index in [9.17, 15) is 9.00 Å². The van der Waals surface area contributed by atoms with E-state index in [-0.39, 0.29) is 11.7 Å². The van der Waals surface area contributed by atoms with Gasteiger partial charge in [-0.1, -0.05) is 0 Å². The fourth-order valence-corrected chi connectivity index (χ4v) is 2.42. The van der Waals surface area contributed by atoms with E-state index < -0.39 is 10.8 Å². The minimum Gasteiger partial charge on any atom is -0.495 e. The van der Waals surface area contributed by atoms with Gasteiger partial charge < -0.3 is 15.4 Å². The number of nitrogens with two attached hydrogens (primary N) is 1. The average Bonchev–Trinajstić information content (AvgIpc) is 2.28. The van der Waals surface area contributed by atoms with Crippen LogP contribution < -0.4 is 10.5 Å².